The van der Waals surface area contributed by atoms with Crippen LogP contribution >= 0.6 is 11.6 Å². The van der Waals surface area contributed by atoms with Gasteiger partial charge in [-0.05, 0) is 49.7 Å². The van der Waals surface area contributed by atoms with E-state index in [2.05, 4.69) is 20.6 Å². The number of ether oxygens (including phenoxy) is 1. The summed E-state index contributed by atoms with van der Waals surface area (Å²) in [6.45, 7) is 2.73. The third-order valence-corrected chi connectivity index (χ3v) is 5.01. The van der Waals surface area contributed by atoms with Gasteiger partial charge in [0.1, 0.15) is 23.6 Å². The minimum absolute atomic E-state index is 0.0416. The number of fused-ring (bicyclic) bond motifs is 1. The number of anilines is 2. The number of hydrogen-bond donors (Lipinski definition) is 3. The number of rotatable bonds is 5. The maximum atomic E-state index is 9.61. The molecule has 0 saturated carbocycles. The van der Waals surface area contributed by atoms with E-state index in [0.717, 1.165) is 35.4 Å². The quantitative estimate of drug-likeness (QED) is 0.574. The first-order valence-corrected chi connectivity index (χ1v) is 9.41. The van der Waals surface area contributed by atoms with Crippen molar-refractivity contribution in [2.24, 2.45) is 5.92 Å². The molecule has 2 aromatic carbocycles. The van der Waals surface area contributed by atoms with Crippen molar-refractivity contribution in [1.82, 2.24) is 15.3 Å². The van der Waals surface area contributed by atoms with Crippen LogP contribution in [-0.2, 0) is 0 Å². The van der Waals surface area contributed by atoms with Gasteiger partial charge in [0.15, 0.2) is 0 Å². The number of hydrogen-bond acceptors (Lipinski definition) is 6. The highest BCUT2D eigenvalue weighted by atomic mass is 35.5. The van der Waals surface area contributed by atoms with E-state index in [1.54, 1.807) is 18.2 Å². The van der Waals surface area contributed by atoms with Crippen molar-refractivity contribution < 1.29 is 9.84 Å². The van der Waals surface area contributed by atoms with Crippen molar-refractivity contribution in [3.63, 3.8) is 0 Å². The molecule has 0 radical (unpaired) electrons. The number of piperidine rings is 1. The number of benzene rings is 2. The lowest BCUT2D eigenvalue weighted by Gasteiger charge is -2.23. The lowest BCUT2D eigenvalue weighted by Crippen LogP contribution is -2.33. The predicted molar refractivity (Wildman–Crippen MR) is 107 cm³/mol. The van der Waals surface area contributed by atoms with E-state index in [1.807, 2.05) is 18.2 Å². The zero-order chi connectivity index (χ0) is 18.6. The molecule has 1 aliphatic rings. The molecule has 27 heavy (non-hydrogen) atoms. The maximum Gasteiger partial charge on any atom is 0.145 e. The van der Waals surface area contributed by atoms with Crippen LogP contribution in [0.15, 0.2) is 42.7 Å². The Balaban J connectivity index is 1.63. The molecule has 4 rings (SSSR count). The summed E-state index contributed by atoms with van der Waals surface area (Å²) in [6.07, 6.45) is 3.87. The van der Waals surface area contributed by atoms with Gasteiger partial charge in [-0.15, -0.1) is 0 Å². The van der Waals surface area contributed by atoms with Crippen molar-refractivity contribution in [1.29, 1.82) is 0 Å². The molecule has 7 heteroatoms. The Kier molecular flexibility index (Phi) is 5.27. The van der Waals surface area contributed by atoms with Crippen LogP contribution in [-0.4, -0.2) is 34.8 Å². The summed E-state index contributed by atoms with van der Waals surface area (Å²) in [5.74, 6) is 1.94. The van der Waals surface area contributed by atoms with Gasteiger partial charge >= 0.3 is 0 Å². The average molecular weight is 385 g/mol. The fourth-order valence-electron chi connectivity index (χ4n) is 3.29. The predicted octanol–water partition coefficient (Wildman–Crippen LogP) is 4.11. The van der Waals surface area contributed by atoms with E-state index in [1.165, 1.54) is 19.2 Å². The molecule has 140 valence electrons. The fourth-order valence-corrected chi connectivity index (χ4v) is 3.47. The number of halogens is 1. The van der Waals surface area contributed by atoms with Crippen molar-refractivity contribution in [2.75, 3.05) is 25.0 Å². The van der Waals surface area contributed by atoms with Gasteiger partial charge in [0, 0.05) is 18.2 Å². The first kappa shape index (κ1) is 17.8. The molecule has 1 fully saturated rings. The summed E-state index contributed by atoms with van der Waals surface area (Å²) in [7, 11) is 0. The van der Waals surface area contributed by atoms with Crippen LogP contribution in [0.5, 0.6) is 11.5 Å². The minimum Gasteiger partial charge on any atom is -0.506 e. The number of aromatic hydroxyl groups is 1. The molecule has 1 aromatic heterocycles. The standard InChI is InChI=1S/C20H21ClN4O2/c21-15-9-14(6-7-17(15)26)25-20-19-16(23-12-24-20)4-1-5-18(19)27-11-13-3-2-8-22-10-13/h1,4-7,9,12-13,22,26H,2-3,8,10-11H2,(H,23,24,25)/t13-/m1/s1. The number of nitrogens with zero attached hydrogens (tertiary/aromatic N) is 2. The molecular formula is C20H21ClN4O2. The lowest BCUT2D eigenvalue weighted by atomic mass is 10.0. The number of phenols is 1. The van der Waals surface area contributed by atoms with Crippen molar-refractivity contribution in [3.05, 3.63) is 47.7 Å². The largest absolute Gasteiger partial charge is 0.506 e. The molecule has 0 unspecified atom stereocenters. The Morgan fingerprint density at radius 2 is 2.19 bits per heavy atom. The van der Waals surface area contributed by atoms with Crippen LogP contribution < -0.4 is 15.4 Å². The van der Waals surface area contributed by atoms with Gasteiger partial charge in [0.05, 0.1) is 22.5 Å². The van der Waals surface area contributed by atoms with Gasteiger partial charge in [-0.2, -0.15) is 0 Å². The van der Waals surface area contributed by atoms with E-state index in [9.17, 15) is 5.11 Å². The molecule has 0 amide bonds. The molecule has 0 aliphatic carbocycles. The second-order valence-electron chi connectivity index (χ2n) is 6.69. The molecule has 1 aliphatic heterocycles. The van der Waals surface area contributed by atoms with Crippen LogP contribution in [0.2, 0.25) is 5.02 Å². The topological polar surface area (TPSA) is 79.3 Å². The van der Waals surface area contributed by atoms with Gasteiger partial charge in [-0.3, -0.25) is 0 Å². The van der Waals surface area contributed by atoms with E-state index >= 15 is 0 Å². The third kappa shape index (κ3) is 4.07. The average Bonchev–Trinajstić information content (AvgIpc) is 2.70. The second kappa shape index (κ2) is 7.98. The van der Waals surface area contributed by atoms with Crippen LogP contribution in [0, 0.1) is 5.92 Å². The molecule has 3 aromatic rings. The molecule has 0 spiro atoms. The molecule has 1 atom stereocenters. The SMILES string of the molecule is Oc1ccc(Nc2ncnc3cccc(OC[C@@H]4CCCNC4)c23)cc1Cl. The highest BCUT2D eigenvalue weighted by Gasteiger charge is 2.16. The minimum atomic E-state index is 0.0416. The molecule has 6 nitrogen and oxygen atoms in total. The summed E-state index contributed by atoms with van der Waals surface area (Å²) in [5, 5.41) is 17.4. The van der Waals surface area contributed by atoms with Gasteiger partial charge in [0.25, 0.3) is 0 Å². The fraction of sp³-hybridized carbons (Fsp3) is 0.300. The molecule has 1 saturated heterocycles. The number of nitrogens with one attached hydrogen (secondary N) is 2. The Hall–Kier alpha value is -2.57. The van der Waals surface area contributed by atoms with E-state index in [0.29, 0.717) is 18.3 Å². The van der Waals surface area contributed by atoms with E-state index in [-0.39, 0.29) is 10.8 Å². The van der Waals surface area contributed by atoms with Crippen molar-refractivity contribution in [3.8, 4) is 11.5 Å². The summed E-state index contributed by atoms with van der Waals surface area (Å²) < 4.78 is 6.15. The lowest BCUT2D eigenvalue weighted by molar-refractivity contribution is 0.220. The highest BCUT2D eigenvalue weighted by molar-refractivity contribution is 6.32. The monoisotopic (exact) mass is 384 g/mol. The van der Waals surface area contributed by atoms with E-state index < -0.39 is 0 Å². The number of phenolic OH excluding ortho intramolecular Hbond substituents is 1. The molecule has 3 N–H and O–H groups in total. The Morgan fingerprint density at radius 3 is 3.00 bits per heavy atom. The second-order valence-corrected chi connectivity index (χ2v) is 7.09. The Bertz CT molecular complexity index is 939. The smallest absolute Gasteiger partial charge is 0.145 e. The van der Waals surface area contributed by atoms with Gasteiger partial charge < -0.3 is 20.5 Å². The normalized spacial score (nSPS) is 17.0. The zero-order valence-corrected chi connectivity index (χ0v) is 15.5. The first-order chi connectivity index (χ1) is 13.2. The van der Waals surface area contributed by atoms with Crippen molar-refractivity contribution in [2.45, 2.75) is 12.8 Å². The van der Waals surface area contributed by atoms with Crippen LogP contribution in [0.1, 0.15) is 12.8 Å². The van der Waals surface area contributed by atoms with Crippen LogP contribution in [0.25, 0.3) is 10.9 Å². The Labute approximate surface area is 162 Å². The highest BCUT2D eigenvalue weighted by Crippen LogP contribution is 2.33. The first-order valence-electron chi connectivity index (χ1n) is 9.03. The van der Waals surface area contributed by atoms with Crippen LogP contribution in [0.3, 0.4) is 0 Å². The summed E-state index contributed by atoms with van der Waals surface area (Å²) >= 11 is 6.01. The summed E-state index contributed by atoms with van der Waals surface area (Å²) in [6, 6.07) is 10.7. The summed E-state index contributed by atoms with van der Waals surface area (Å²) in [4.78, 5) is 8.75. The number of aromatic nitrogens is 2. The summed E-state index contributed by atoms with van der Waals surface area (Å²) in [5.41, 5.74) is 1.53. The van der Waals surface area contributed by atoms with Gasteiger partial charge in [0.2, 0.25) is 0 Å². The molecule has 2 heterocycles. The van der Waals surface area contributed by atoms with Gasteiger partial charge in [-0.1, -0.05) is 17.7 Å². The molecule has 0 bridgehead atoms. The van der Waals surface area contributed by atoms with E-state index in [4.69, 9.17) is 16.3 Å². The molecular weight excluding hydrogens is 364 g/mol. The zero-order valence-electron chi connectivity index (χ0n) is 14.8. The van der Waals surface area contributed by atoms with Gasteiger partial charge in [-0.25, -0.2) is 9.97 Å². The van der Waals surface area contributed by atoms with Crippen LogP contribution in [0.4, 0.5) is 11.5 Å². The Morgan fingerprint density at radius 1 is 1.26 bits per heavy atom. The van der Waals surface area contributed by atoms with Crippen molar-refractivity contribution >= 4 is 34.0 Å². The maximum absolute atomic E-state index is 9.61. The third-order valence-electron chi connectivity index (χ3n) is 4.71.